The zero-order chi connectivity index (χ0) is 15.4. The summed E-state index contributed by atoms with van der Waals surface area (Å²) in [6.07, 6.45) is 2.57. The molecule has 0 saturated heterocycles. The Kier molecular flexibility index (Phi) is 4.28. The van der Waals surface area contributed by atoms with Crippen LogP contribution in [0.15, 0.2) is 48.5 Å². The van der Waals surface area contributed by atoms with E-state index in [9.17, 15) is 4.79 Å². The van der Waals surface area contributed by atoms with E-state index in [2.05, 4.69) is 5.32 Å². The standard InChI is InChI=1S/C18H19NO3/c20-18(21)15-6-8-16(9-7-15)19-11-14-2-1-3-17(10-14)22-12-13-4-5-13/h1-3,6-10,13,19H,4-5,11-12H2,(H,20,21). The SMILES string of the molecule is O=C(O)c1ccc(NCc2cccc(OCC3CC3)c2)cc1. The predicted molar refractivity (Wildman–Crippen MR) is 85.4 cm³/mol. The smallest absolute Gasteiger partial charge is 0.335 e. The van der Waals surface area contributed by atoms with Gasteiger partial charge in [0, 0.05) is 12.2 Å². The van der Waals surface area contributed by atoms with Gasteiger partial charge in [0.15, 0.2) is 0 Å². The van der Waals surface area contributed by atoms with E-state index in [0.29, 0.717) is 12.1 Å². The summed E-state index contributed by atoms with van der Waals surface area (Å²) in [5.41, 5.74) is 2.32. The minimum absolute atomic E-state index is 0.293. The number of carboxylic acids is 1. The Hall–Kier alpha value is -2.49. The monoisotopic (exact) mass is 297 g/mol. The summed E-state index contributed by atoms with van der Waals surface area (Å²) in [7, 11) is 0. The second kappa shape index (κ2) is 6.52. The normalized spacial score (nSPS) is 13.6. The molecule has 2 N–H and O–H groups in total. The van der Waals surface area contributed by atoms with Gasteiger partial charge in [0.05, 0.1) is 12.2 Å². The molecule has 2 aromatic carbocycles. The Labute approximate surface area is 129 Å². The molecule has 1 saturated carbocycles. The van der Waals surface area contributed by atoms with Crippen LogP contribution in [0, 0.1) is 5.92 Å². The largest absolute Gasteiger partial charge is 0.493 e. The molecule has 0 amide bonds. The summed E-state index contributed by atoms with van der Waals surface area (Å²) in [6.45, 7) is 1.49. The van der Waals surface area contributed by atoms with Crippen molar-refractivity contribution in [3.05, 3.63) is 59.7 Å². The van der Waals surface area contributed by atoms with E-state index >= 15 is 0 Å². The molecule has 2 aromatic rings. The molecule has 0 aliphatic heterocycles. The van der Waals surface area contributed by atoms with Crippen molar-refractivity contribution in [2.45, 2.75) is 19.4 Å². The molecule has 4 nitrogen and oxygen atoms in total. The maximum Gasteiger partial charge on any atom is 0.335 e. The minimum Gasteiger partial charge on any atom is -0.493 e. The molecular weight excluding hydrogens is 278 g/mol. The van der Waals surface area contributed by atoms with Gasteiger partial charge in [0.25, 0.3) is 0 Å². The number of rotatable bonds is 7. The summed E-state index contributed by atoms with van der Waals surface area (Å²) in [6, 6.07) is 14.8. The first-order chi connectivity index (χ1) is 10.7. The lowest BCUT2D eigenvalue weighted by Gasteiger charge is -2.09. The molecule has 0 spiro atoms. The van der Waals surface area contributed by atoms with E-state index in [1.807, 2.05) is 24.3 Å². The molecule has 0 heterocycles. The second-order valence-electron chi connectivity index (χ2n) is 5.64. The molecular formula is C18H19NO3. The predicted octanol–water partition coefficient (Wildman–Crippen LogP) is 3.79. The van der Waals surface area contributed by atoms with E-state index in [0.717, 1.165) is 29.5 Å². The lowest BCUT2D eigenvalue weighted by Crippen LogP contribution is -2.02. The highest BCUT2D eigenvalue weighted by Crippen LogP contribution is 2.29. The van der Waals surface area contributed by atoms with Crippen molar-refractivity contribution in [1.29, 1.82) is 0 Å². The maximum absolute atomic E-state index is 10.8. The van der Waals surface area contributed by atoms with Crippen LogP contribution in [0.3, 0.4) is 0 Å². The van der Waals surface area contributed by atoms with Crippen molar-refractivity contribution in [2.24, 2.45) is 5.92 Å². The third kappa shape index (κ3) is 4.01. The molecule has 1 fully saturated rings. The quantitative estimate of drug-likeness (QED) is 0.816. The van der Waals surface area contributed by atoms with Gasteiger partial charge in [-0.15, -0.1) is 0 Å². The minimum atomic E-state index is -0.910. The van der Waals surface area contributed by atoms with E-state index in [-0.39, 0.29) is 0 Å². The maximum atomic E-state index is 10.8. The molecule has 0 radical (unpaired) electrons. The van der Waals surface area contributed by atoms with E-state index in [1.54, 1.807) is 24.3 Å². The number of hydrogen-bond donors (Lipinski definition) is 2. The third-order valence-electron chi connectivity index (χ3n) is 3.71. The Morgan fingerprint density at radius 3 is 2.64 bits per heavy atom. The van der Waals surface area contributed by atoms with Crippen molar-refractivity contribution < 1.29 is 14.6 Å². The molecule has 4 heteroatoms. The molecule has 3 rings (SSSR count). The average molecular weight is 297 g/mol. The van der Waals surface area contributed by atoms with Crippen LogP contribution in [-0.2, 0) is 6.54 Å². The van der Waals surface area contributed by atoms with Crippen LogP contribution < -0.4 is 10.1 Å². The highest BCUT2D eigenvalue weighted by molar-refractivity contribution is 5.87. The fourth-order valence-corrected chi connectivity index (χ4v) is 2.18. The number of ether oxygens (including phenoxy) is 1. The summed E-state index contributed by atoms with van der Waals surface area (Å²) >= 11 is 0. The van der Waals surface area contributed by atoms with E-state index < -0.39 is 5.97 Å². The van der Waals surface area contributed by atoms with Crippen molar-refractivity contribution >= 4 is 11.7 Å². The highest BCUT2D eigenvalue weighted by atomic mass is 16.5. The Bertz CT molecular complexity index is 648. The van der Waals surface area contributed by atoms with Gasteiger partial charge < -0.3 is 15.2 Å². The zero-order valence-corrected chi connectivity index (χ0v) is 12.3. The van der Waals surface area contributed by atoms with Gasteiger partial charge >= 0.3 is 5.97 Å². The highest BCUT2D eigenvalue weighted by Gasteiger charge is 2.21. The van der Waals surface area contributed by atoms with Gasteiger partial charge in [-0.05, 0) is 60.7 Å². The Balaban J connectivity index is 1.55. The first-order valence-electron chi connectivity index (χ1n) is 7.50. The third-order valence-corrected chi connectivity index (χ3v) is 3.71. The number of carbonyl (C=O) groups is 1. The molecule has 0 unspecified atom stereocenters. The van der Waals surface area contributed by atoms with Crippen LogP contribution in [0.1, 0.15) is 28.8 Å². The Morgan fingerprint density at radius 1 is 1.18 bits per heavy atom. The molecule has 1 aliphatic rings. The van der Waals surface area contributed by atoms with Gasteiger partial charge in [-0.2, -0.15) is 0 Å². The second-order valence-corrected chi connectivity index (χ2v) is 5.64. The van der Waals surface area contributed by atoms with Crippen molar-refractivity contribution in [2.75, 3.05) is 11.9 Å². The van der Waals surface area contributed by atoms with Gasteiger partial charge in [0.1, 0.15) is 5.75 Å². The summed E-state index contributed by atoms with van der Waals surface area (Å²) < 4.78 is 5.77. The topological polar surface area (TPSA) is 58.6 Å². The molecule has 0 bridgehead atoms. The average Bonchev–Trinajstić information content (AvgIpc) is 3.36. The van der Waals surface area contributed by atoms with E-state index in [1.165, 1.54) is 12.8 Å². The summed E-state index contributed by atoms with van der Waals surface area (Å²) in [4.78, 5) is 10.8. The molecule has 1 aliphatic carbocycles. The number of anilines is 1. The first kappa shape index (κ1) is 14.4. The van der Waals surface area contributed by atoms with Gasteiger partial charge in [-0.1, -0.05) is 12.1 Å². The number of hydrogen-bond acceptors (Lipinski definition) is 3. The molecule has 22 heavy (non-hydrogen) atoms. The van der Waals surface area contributed by atoms with Crippen molar-refractivity contribution in [3.8, 4) is 5.75 Å². The number of nitrogens with one attached hydrogen (secondary N) is 1. The number of aromatic carboxylic acids is 1. The van der Waals surface area contributed by atoms with Crippen molar-refractivity contribution in [3.63, 3.8) is 0 Å². The number of benzene rings is 2. The fourth-order valence-electron chi connectivity index (χ4n) is 2.18. The van der Waals surface area contributed by atoms with Crippen LogP contribution in [0.2, 0.25) is 0 Å². The summed E-state index contributed by atoms with van der Waals surface area (Å²) in [5, 5.41) is 12.2. The van der Waals surface area contributed by atoms with Crippen LogP contribution in [0.4, 0.5) is 5.69 Å². The molecule has 0 aromatic heterocycles. The van der Waals surface area contributed by atoms with Crippen LogP contribution in [-0.4, -0.2) is 17.7 Å². The first-order valence-corrected chi connectivity index (χ1v) is 7.50. The lowest BCUT2D eigenvalue weighted by atomic mass is 10.2. The van der Waals surface area contributed by atoms with Gasteiger partial charge in [0.2, 0.25) is 0 Å². The van der Waals surface area contributed by atoms with Crippen LogP contribution in [0.5, 0.6) is 5.75 Å². The van der Waals surface area contributed by atoms with Gasteiger partial charge in [-0.3, -0.25) is 0 Å². The summed E-state index contributed by atoms with van der Waals surface area (Å²) in [5.74, 6) is 0.744. The molecule has 0 atom stereocenters. The zero-order valence-electron chi connectivity index (χ0n) is 12.3. The van der Waals surface area contributed by atoms with Crippen LogP contribution in [0.25, 0.3) is 0 Å². The van der Waals surface area contributed by atoms with Crippen LogP contribution >= 0.6 is 0 Å². The lowest BCUT2D eigenvalue weighted by molar-refractivity contribution is 0.0697. The van der Waals surface area contributed by atoms with E-state index in [4.69, 9.17) is 9.84 Å². The number of carboxylic acid groups (broad SMARTS) is 1. The Morgan fingerprint density at radius 2 is 1.95 bits per heavy atom. The molecule has 114 valence electrons. The van der Waals surface area contributed by atoms with Crippen molar-refractivity contribution in [1.82, 2.24) is 0 Å². The fraction of sp³-hybridized carbons (Fsp3) is 0.278. The van der Waals surface area contributed by atoms with Gasteiger partial charge in [-0.25, -0.2) is 4.79 Å².